The minimum absolute atomic E-state index is 0.000106. The quantitative estimate of drug-likeness (QED) is 0.140. The molecule has 9 aromatic carbocycles. The molecule has 0 fully saturated rings. The van der Waals surface area contributed by atoms with E-state index in [2.05, 4.69) is 249 Å². The van der Waals surface area contributed by atoms with E-state index in [1.54, 1.807) is 0 Å². The molecule has 0 unspecified atom stereocenters. The summed E-state index contributed by atoms with van der Waals surface area (Å²) in [6, 6.07) is 58.1. The number of benzene rings is 9. The molecular weight excluding hydrogens is 873 g/mol. The maximum atomic E-state index is 4.33. The van der Waals surface area contributed by atoms with Gasteiger partial charge in [-0.2, -0.15) is 0 Å². The van der Waals surface area contributed by atoms with Crippen LogP contribution in [0, 0.1) is 0 Å². The Morgan fingerprint density at radius 3 is 1.43 bits per heavy atom. The average molecular weight is 933 g/mol. The Hall–Kier alpha value is -6.72. The van der Waals surface area contributed by atoms with Gasteiger partial charge in [0, 0.05) is 53.3 Å². The van der Waals surface area contributed by atoms with Crippen LogP contribution in [0.4, 0.5) is 34.1 Å². The van der Waals surface area contributed by atoms with Crippen LogP contribution in [0.5, 0.6) is 0 Å². The van der Waals surface area contributed by atoms with Crippen molar-refractivity contribution in [1.29, 1.82) is 0 Å². The maximum Gasteiger partial charge on any atom is 0.0640 e. The molecule has 2 nitrogen and oxygen atoms in total. The van der Waals surface area contributed by atoms with Crippen molar-refractivity contribution in [2.24, 2.45) is 0 Å². The molecule has 69 heavy (non-hydrogen) atoms. The van der Waals surface area contributed by atoms with Gasteiger partial charge in [0.1, 0.15) is 0 Å². The van der Waals surface area contributed by atoms with E-state index in [0.717, 1.165) is 28.4 Å². The molecule has 0 radical (unpaired) electrons. The highest BCUT2D eigenvalue weighted by atomic mass is 32.1. The van der Waals surface area contributed by atoms with E-state index in [4.69, 9.17) is 0 Å². The van der Waals surface area contributed by atoms with Gasteiger partial charge in [-0.3, -0.25) is 0 Å². The van der Waals surface area contributed by atoms with Crippen molar-refractivity contribution in [1.82, 2.24) is 0 Å². The molecule has 0 aliphatic carbocycles. The monoisotopic (exact) mass is 932 g/mol. The normalized spacial score (nSPS) is 12.8. The van der Waals surface area contributed by atoms with Crippen molar-refractivity contribution in [3.05, 3.63) is 191 Å². The summed E-state index contributed by atoms with van der Waals surface area (Å²) in [5.41, 5.74) is 11.9. The lowest BCUT2D eigenvalue weighted by Crippen LogP contribution is -2.16. The van der Waals surface area contributed by atoms with Crippen molar-refractivity contribution < 1.29 is 0 Å². The second-order valence-electron chi connectivity index (χ2n) is 21.8. The molecule has 11 aromatic rings. The molecule has 0 bridgehead atoms. The maximum absolute atomic E-state index is 4.33. The third-order valence-electron chi connectivity index (χ3n) is 14.2. The molecule has 0 atom stereocenters. The molecule has 0 aliphatic rings. The molecule has 0 saturated carbocycles. The minimum atomic E-state index is -0.00869. The predicted octanol–water partition coefficient (Wildman–Crippen LogP) is 20.7. The third-order valence-corrected chi connectivity index (χ3v) is 16.6. The molecule has 2 heterocycles. The molecule has 0 amide bonds. The Bertz CT molecular complexity index is 3780. The van der Waals surface area contributed by atoms with Gasteiger partial charge in [0.25, 0.3) is 0 Å². The van der Waals surface area contributed by atoms with Crippen LogP contribution in [0.25, 0.3) is 74.7 Å². The zero-order valence-corrected chi connectivity index (χ0v) is 43.2. The Labute approximate surface area is 415 Å². The lowest BCUT2D eigenvalue weighted by molar-refractivity contribution is 0.590. The Balaban J connectivity index is 1.31. The zero-order chi connectivity index (χ0) is 48.1. The van der Waals surface area contributed by atoms with Crippen molar-refractivity contribution in [2.75, 3.05) is 9.80 Å². The molecular formula is C65H60N2S2. The van der Waals surface area contributed by atoms with E-state index in [9.17, 15) is 0 Å². The third kappa shape index (κ3) is 7.51. The van der Waals surface area contributed by atoms with Crippen LogP contribution in [0.15, 0.2) is 164 Å². The van der Waals surface area contributed by atoms with E-state index >= 15 is 0 Å². The van der Waals surface area contributed by atoms with Crippen LogP contribution in [-0.4, -0.2) is 0 Å². The fraction of sp³-hybridized carbons (Fsp3) is 0.200. The van der Waals surface area contributed by atoms with Gasteiger partial charge in [-0.15, -0.1) is 22.7 Å². The fourth-order valence-corrected chi connectivity index (χ4v) is 12.9. The standard InChI is InChI=1S/C65H60N2S2/c1-12-18-57-47(13-2)49-20-16-22-53(61(49)68-57)66(45-31-27-42(28-32-45)63(3,4)5)55-39-56(52-36-26-41-38-44(65(9,10)11)37-40-25-35-51(55)60(52)59(40)41)67(46-33-29-43(30-34-46)64(6,7)8)54-23-17-21-50-48-19-14-15-24-58(48)69-62(50)54/h12-39H,2H2,1,3-11H3/b18-12-. The summed E-state index contributed by atoms with van der Waals surface area (Å²) in [6.07, 6.45) is 6.39. The number of rotatable bonds is 8. The number of fused-ring (bicyclic) bond motifs is 4. The van der Waals surface area contributed by atoms with Crippen molar-refractivity contribution in [3.8, 4) is 0 Å². The number of hydrogen-bond acceptors (Lipinski definition) is 4. The van der Waals surface area contributed by atoms with E-state index in [0.29, 0.717) is 0 Å². The van der Waals surface area contributed by atoms with Crippen LogP contribution in [0.3, 0.4) is 0 Å². The van der Waals surface area contributed by atoms with Gasteiger partial charge in [0.2, 0.25) is 0 Å². The Morgan fingerprint density at radius 1 is 0.435 bits per heavy atom. The lowest BCUT2D eigenvalue weighted by atomic mass is 9.83. The van der Waals surface area contributed by atoms with Gasteiger partial charge in [-0.25, -0.2) is 0 Å². The molecule has 11 rings (SSSR count). The second kappa shape index (κ2) is 16.5. The lowest BCUT2D eigenvalue weighted by Gasteiger charge is -2.33. The van der Waals surface area contributed by atoms with Crippen LogP contribution in [-0.2, 0) is 16.2 Å². The molecule has 0 saturated heterocycles. The van der Waals surface area contributed by atoms with Crippen molar-refractivity contribution in [2.45, 2.75) is 85.5 Å². The predicted molar refractivity (Wildman–Crippen MR) is 309 cm³/mol. The van der Waals surface area contributed by atoms with Crippen molar-refractivity contribution >= 4 is 132 Å². The second-order valence-corrected chi connectivity index (χ2v) is 23.9. The number of thiophene rings is 2. The van der Waals surface area contributed by atoms with Gasteiger partial charge in [0.05, 0.1) is 32.1 Å². The summed E-state index contributed by atoms with van der Waals surface area (Å²) in [6.45, 7) is 27.2. The molecule has 0 N–H and O–H groups in total. The van der Waals surface area contributed by atoms with Gasteiger partial charge in [-0.05, 0) is 116 Å². The minimum Gasteiger partial charge on any atom is -0.308 e. The number of anilines is 6. The average Bonchev–Trinajstić information content (AvgIpc) is 3.89. The summed E-state index contributed by atoms with van der Waals surface area (Å²) in [7, 11) is 0. The van der Waals surface area contributed by atoms with E-state index < -0.39 is 0 Å². The highest BCUT2D eigenvalue weighted by Gasteiger charge is 2.29. The summed E-state index contributed by atoms with van der Waals surface area (Å²) >= 11 is 3.73. The van der Waals surface area contributed by atoms with Gasteiger partial charge in [-0.1, -0.05) is 184 Å². The van der Waals surface area contributed by atoms with Gasteiger partial charge < -0.3 is 9.80 Å². The summed E-state index contributed by atoms with van der Waals surface area (Å²) < 4.78 is 3.79. The van der Waals surface area contributed by atoms with E-state index in [1.807, 2.05) is 28.7 Å². The number of hydrogen-bond donors (Lipinski definition) is 0. The Kier molecular flexibility index (Phi) is 10.7. The fourth-order valence-electron chi connectivity index (χ4n) is 10.4. The molecule has 2 aromatic heterocycles. The topological polar surface area (TPSA) is 6.48 Å². The first-order chi connectivity index (χ1) is 33.0. The highest BCUT2D eigenvalue weighted by Crippen LogP contribution is 2.54. The number of nitrogens with zero attached hydrogens (tertiary/aromatic N) is 2. The first kappa shape index (κ1) is 44.8. The molecule has 0 spiro atoms. The first-order valence-corrected chi connectivity index (χ1v) is 25.9. The summed E-state index contributed by atoms with van der Waals surface area (Å²) in [4.78, 5) is 6.33. The van der Waals surface area contributed by atoms with Crippen LogP contribution in [0.2, 0.25) is 0 Å². The van der Waals surface area contributed by atoms with E-state index in [-0.39, 0.29) is 16.2 Å². The van der Waals surface area contributed by atoms with Crippen LogP contribution >= 0.6 is 22.7 Å². The van der Waals surface area contributed by atoms with Gasteiger partial charge in [0.15, 0.2) is 0 Å². The zero-order valence-electron chi connectivity index (χ0n) is 41.6. The molecule has 4 heteroatoms. The molecule has 342 valence electrons. The SMILES string of the molecule is C=Cc1c(/C=C\C)sc2c(N(c3ccc(C(C)(C)C)cc3)c3cc(N(c4ccc(C(C)(C)C)cc4)c4cccc5c4sc4ccccc45)c4ccc5cc(C(C)(C)C)cc6ccc3c4c65)cccc12. The summed E-state index contributed by atoms with van der Waals surface area (Å²) in [5, 5.41) is 11.3. The van der Waals surface area contributed by atoms with Crippen LogP contribution in [0.1, 0.15) is 96.4 Å². The summed E-state index contributed by atoms with van der Waals surface area (Å²) in [5.74, 6) is 0. The van der Waals surface area contributed by atoms with E-state index in [1.165, 1.54) is 95.4 Å². The Morgan fingerprint density at radius 2 is 0.928 bits per heavy atom. The smallest absolute Gasteiger partial charge is 0.0640 e. The van der Waals surface area contributed by atoms with Gasteiger partial charge >= 0.3 is 0 Å². The highest BCUT2D eigenvalue weighted by molar-refractivity contribution is 7.26. The number of allylic oxidation sites excluding steroid dienone is 1. The van der Waals surface area contributed by atoms with Crippen LogP contribution < -0.4 is 9.80 Å². The first-order valence-electron chi connectivity index (χ1n) is 24.3. The molecule has 0 aliphatic heterocycles. The van der Waals surface area contributed by atoms with Crippen molar-refractivity contribution in [3.63, 3.8) is 0 Å². The largest absolute Gasteiger partial charge is 0.308 e.